The standard InChI is InChI=1S/C19H24N2O/c1-6-21(17-9-7-8-14(2)12-17)19(22)16-10-11-18(20(4)5)15(3)13-16/h7-13H,6H2,1-5H3. The molecule has 0 heterocycles. The van der Waals surface area contributed by atoms with Crippen LogP contribution in [0.25, 0.3) is 0 Å². The van der Waals surface area contributed by atoms with Gasteiger partial charge in [0.25, 0.3) is 5.91 Å². The van der Waals surface area contributed by atoms with Crippen molar-refractivity contribution in [1.82, 2.24) is 0 Å². The van der Waals surface area contributed by atoms with Gasteiger partial charge in [0.2, 0.25) is 0 Å². The first kappa shape index (κ1) is 16.1. The van der Waals surface area contributed by atoms with Crippen LogP contribution in [0.2, 0.25) is 0 Å². The van der Waals surface area contributed by atoms with Crippen molar-refractivity contribution >= 4 is 17.3 Å². The fourth-order valence-corrected chi connectivity index (χ4v) is 2.69. The van der Waals surface area contributed by atoms with Gasteiger partial charge in [-0.25, -0.2) is 0 Å². The first-order chi connectivity index (χ1) is 10.4. The lowest BCUT2D eigenvalue weighted by molar-refractivity contribution is 0.0988. The van der Waals surface area contributed by atoms with Gasteiger partial charge in [-0.2, -0.15) is 0 Å². The highest BCUT2D eigenvalue weighted by Gasteiger charge is 2.17. The molecule has 3 heteroatoms. The van der Waals surface area contributed by atoms with Crippen LogP contribution in [0.3, 0.4) is 0 Å². The number of nitrogens with zero attached hydrogens (tertiary/aromatic N) is 2. The van der Waals surface area contributed by atoms with Crippen molar-refractivity contribution < 1.29 is 4.79 Å². The maximum absolute atomic E-state index is 12.8. The van der Waals surface area contributed by atoms with Crippen LogP contribution in [0.5, 0.6) is 0 Å². The number of anilines is 2. The minimum atomic E-state index is 0.0431. The van der Waals surface area contributed by atoms with Crippen molar-refractivity contribution in [3.05, 3.63) is 59.2 Å². The number of aryl methyl sites for hydroxylation is 2. The molecule has 2 aromatic rings. The molecule has 0 aromatic heterocycles. The summed E-state index contributed by atoms with van der Waals surface area (Å²) in [6.45, 7) is 6.73. The van der Waals surface area contributed by atoms with Gasteiger partial charge in [0, 0.05) is 37.6 Å². The largest absolute Gasteiger partial charge is 0.377 e. The summed E-state index contributed by atoms with van der Waals surface area (Å²) in [4.78, 5) is 16.7. The number of rotatable bonds is 4. The Bertz CT molecular complexity index is 677. The molecule has 0 aliphatic heterocycles. The molecule has 116 valence electrons. The van der Waals surface area contributed by atoms with Crippen LogP contribution in [0, 0.1) is 13.8 Å². The van der Waals surface area contributed by atoms with Gasteiger partial charge < -0.3 is 9.80 Å². The molecule has 2 aromatic carbocycles. The zero-order valence-electron chi connectivity index (χ0n) is 14.1. The second-order valence-electron chi connectivity index (χ2n) is 5.78. The Morgan fingerprint density at radius 3 is 2.32 bits per heavy atom. The topological polar surface area (TPSA) is 23.6 Å². The second kappa shape index (κ2) is 6.65. The second-order valence-corrected chi connectivity index (χ2v) is 5.78. The highest BCUT2D eigenvalue weighted by atomic mass is 16.2. The van der Waals surface area contributed by atoms with Crippen LogP contribution in [-0.2, 0) is 0 Å². The zero-order chi connectivity index (χ0) is 16.3. The summed E-state index contributed by atoms with van der Waals surface area (Å²) >= 11 is 0. The van der Waals surface area contributed by atoms with Gasteiger partial charge in [-0.3, -0.25) is 4.79 Å². The lowest BCUT2D eigenvalue weighted by atomic mass is 10.1. The molecule has 0 unspecified atom stereocenters. The van der Waals surface area contributed by atoms with Gasteiger partial charge in [0.15, 0.2) is 0 Å². The van der Waals surface area contributed by atoms with E-state index in [0.29, 0.717) is 6.54 Å². The van der Waals surface area contributed by atoms with Crippen molar-refractivity contribution in [2.24, 2.45) is 0 Å². The Kier molecular flexibility index (Phi) is 4.86. The summed E-state index contributed by atoms with van der Waals surface area (Å²) in [5.41, 5.74) is 5.07. The third kappa shape index (κ3) is 3.30. The van der Waals surface area contributed by atoms with E-state index in [1.807, 2.05) is 82.2 Å². The molecule has 2 rings (SSSR count). The van der Waals surface area contributed by atoms with Crippen LogP contribution in [0.1, 0.15) is 28.4 Å². The van der Waals surface area contributed by atoms with Crippen molar-refractivity contribution in [1.29, 1.82) is 0 Å². The normalized spacial score (nSPS) is 10.4. The summed E-state index contributed by atoms with van der Waals surface area (Å²) in [5.74, 6) is 0.0431. The minimum absolute atomic E-state index is 0.0431. The van der Waals surface area contributed by atoms with E-state index in [-0.39, 0.29) is 5.91 Å². The molecule has 0 fully saturated rings. The molecule has 0 aliphatic rings. The van der Waals surface area contributed by atoms with E-state index >= 15 is 0 Å². The predicted octanol–water partition coefficient (Wildman–Crippen LogP) is 4.04. The van der Waals surface area contributed by atoms with Gasteiger partial charge in [-0.15, -0.1) is 0 Å². The van der Waals surface area contributed by atoms with Gasteiger partial charge in [-0.1, -0.05) is 12.1 Å². The van der Waals surface area contributed by atoms with E-state index in [0.717, 1.165) is 28.1 Å². The average Bonchev–Trinajstić information content (AvgIpc) is 2.47. The Balaban J connectivity index is 2.35. The van der Waals surface area contributed by atoms with Gasteiger partial charge in [-0.05, 0) is 62.2 Å². The molecule has 0 aliphatic carbocycles. The number of benzene rings is 2. The van der Waals surface area contributed by atoms with E-state index in [1.54, 1.807) is 0 Å². The van der Waals surface area contributed by atoms with Crippen molar-refractivity contribution in [3.63, 3.8) is 0 Å². The quantitative estimate of drug-likeness (QED) is 0.850. The summed E-state index contributed by atoms with van der Waals surface area (Å²) < 4.78 is 0. The maximum Gasteiger partial charge on any atom is 0.258 e. The molecule has 0 saturated heterocycles. The lowest BCUT2D eigenvalue weighted by Gasteiger charge is -2.23. The molecule has 0 bridgehead atoms. The fourth-order valence-electron chi connectivity index (χ4n) is 2.69. The Morgan fingerprint density at radius 2 is 1.77 bits per heavy atom. The molecular weight excluding hydrogens is 272 g/mol. The molecule has 3 nitrogen and oxygen atoms in total. The van der Waals surface area contributed by atoms with E-state index in [2.05, 4.69) is 4.90 Å². The van der Waals surface area contributed by atoms with E-state index in [1.165, 1.54) is 0 Å². The lowest BCUT2D eigenvalue weighted by Crippen LogP contribution is -2.30. The van der Waals surface area contributed by atoms with Crippen LogP contribution in [-0.4, -0.2) is 26.5 Å². The first-order valence-corrected chi connectivity index (χ1v) is 7.60. The highest BCUT2D eigenvalue weighted by molar-refractivity contribution is 6.06. The van der Waals surface area contributed by atoms with Crippen LogP contribution in [0.15, 0.2) is 42.5 Å². The third-order valence-corrected chi connectivity index (χ3v) is 3.80. The van der Waals surface area contributed by atoms with Crippen molar-refractivity contribution in [2.45, 2.75) is 20.8 Å². The minimum Gasteiger partial charge on any atom is -0.377 e. The van der Waals surface area contributed by atoms with Crippen LogP contribution >= 0.6 is 0 Å². The molecule has 0 atom stereocenters. The molecule has 0 N–H and O–H groups in total. The van der Waals surface area contributed by atoms with Crippen molar-refractivity contribution in [2.75, 3.05) is 30.4 Å². The Morgan fingerprint density at radius 1 is 1.05 bits per heavy atom. The van der Waals surface area contributed by atoms with Gasteiger partial charge >= 0.3 is 0 Å². The number of amides is 1. The summed E-state index contributed by atoms with van der Waals surface area (Å²) in [6.07, 6.45) is 0. The van der Waals surface area contributed by atoms with Crippen LogP contribution in [0.4, 0.5) is 11.4 Å². The number of hydrogen-bond donors (Lipinski definition) is 0. The Hall–Kier alpha value is -2.29. The monoisotopic (exact) mass is 296 g/mol. The van der Waals surface area contributed by atoms with E-state index < -0.39 is 0 Å². The zero-order valence-corrected chi connectivity index (χ0v) is 14.1. The Labute approximate surface area is 133 Å². The molecule has 0 saturated carbocycles. The third-order valence-electron chi connectivity index (χ3n) is 3.80. The van der Waals surface area contributed by atoms with Crippen molar-refractivity contribution in [3.8, 4) is 0 Å². The smallest absolute Gasteiger partial charge is 0.258 e. The van der Waals surface area contributed by atoms with E-state index in [9.17, 15) is 4.79 Å². The molecular formula is C19H24N2O. The molecule has 0 spiro atoms. The number of carbonyl (C=O) groups is 1. The maximum atomic E-state index is 12.8. The number of carbonyl (C=O) groups excluding carboxylic acids is 1. The van der Waals surface area contributed by atoms with Crippen LogP contribution < -0.4 is 9.80 Å². The van der Waals surface area contributed by atoms with Gasteiger partial charge in [0.05, 0.1) is 0 Å². The predicted molar refractivity (Wildman–Crippen MR) is 94.0 cm³/mol. The molecule has 0 radical (unpaired) electrons. The fraction of sp³-hybridized carbons (Fsp3) is 0.316. The summed E-state index contributed by atoms with van der Waals surface area (Å²) in [6, 6.07) is 13.9. The molecule has 22 heavy (non-hydrogen) atoms. The van der Waals surface area contributed by atoms with Gasteiger partial charge in [0.1, 0.15) is 0 Å². The first-order valence-electron chi connectivity index (χ1n) is 7.60. The molecule has 1 amide bonds. The summed E-state index contributed by atoms with van der Waals surface area (Å²) in [5, 5.41) is 0. The SMILES string of the molecule is CCN(C(=O)c1ccc(N(C)C)c(C)c1)c1cccc(C)c1. The average molecular weight is 296 g/mol. The summed E-state index contributed by atoms with van der Waals surface area (Å²) in [7, 11) is 4.02. The highest BCUT2D eigenvalue weighted by Crippen LogP contribution is 2.22. The van der Waals surface area contributed by atoms with E-state index in [4.69, 9.17) is 0 Å². The number of hydrogen-bond acceptors (Lipinski definition) is 2.